The van der Waals surface area contributed by atoms with Crippen LogP contribution in [0.2, 0.25) is 5.31 Å². The van der Waals surface area contributed by atoms with Gasteiger partial charge in [0.2, 0.25) is 0 Å². The Balaban J connectivity index is 1.67. The summed E-state index contributed by atoms with van der Waals surface area (Å²) >= 11 is 0. The Bertz CT molecular complexity index is 715. The van der Waals surface area contributed by atoms with Gasteiger partial charge in [-0.15, -0.1) is 0 Å². The molecular weight excluding hydrogens is 295 g/mol. The first kappa shape index (κ1) is 17.1. The molecule has 1 saturated carbocycles. The molecule has 2 aromatic carbocycles. The van der Waals surface area contributed by atoms with Crippen molar-refractivity contribution in [2.45, 2.75) is 50.8 Å². The Morgan fingerprint density at radius 2 is 1.92 bits per heavy atom. The molecular formula is C21H27BO2. The van der Waals surface area contributed by atoms with Crippen LogP contribution in [-0.2, 0) is 11.2 Å². The minimum Gasteiger partial charge on any atom is -0.481 e. The van der Waals surface area contributed by atoms with Crippen LogP contribution in [0.1, 0.15) is 44.6 Å². The summed E-state index contributed by atoms with van der Waals surface area (Å²) in [6, 6.07) is 15.1. The van der Waals surface area contributed by atoms with E-state index in [0.29, 0.717) is 11.8 Å². The first-order valence-electron chi connectivity index (χ1n) is 9.24. The van der Waals surface area contributed by atoms with Gasteiger partial charge in [-0.2, -0.15) is 0 Å². The van der Waals surface area contributed by atoms with Crippen LogP contribution in [0.25, 0.3) is 10.8 Å². The number of unbranched alkanes of at least 4 members (excludes halogenated alkanes) is 1. The maximum Gasteiger partial charge on any atom is 0.301 e. The number of benzene rings is 2. The third-order valence-corrected chi connectivity index (χ3v) is 6.06. The summed E-state index contributed by atoms with van der Waals surface area (Å²) in [6.07, 6.45) is 6.06. The molecule has 0 aromatic heterocycles. The Morgan fingerprint density at radius 1 is 1.21 bits per heavy atom. The van der Waals surface area contributed by atoms with E-state index in [1.165, 1.54) is 16.3 Å². The Morgan fingerprint density at radius 3 is 2.62 bits per heavy atom. The number of carbonyl (C=O) groups is 1. The van der Waals surface area contributed by atoms with Crippen LogP contribution in [0.5, 0.6) is 0 Å². The number of rotatable bonds is 7. The van der Waals surface area contributed by atoms with E-state index >= 15 is 0 Å². The highest BCUT2D eigenvalue weighted by Crippen LogP contribution is 2.52. The van der Waals surface area contributed by atoms with Crippen molar-refractivity contribution in [3.63, 3.8) is 0 Å². The molecule has 1 aliphatic carbocycles. The van der Waals surface area contributed by atoms with E-state index < -0.39 is 11.3 Å². The first-order valence-corrected chi connectivity index (χ1v) is 9.24. The van der Waals surface area contributed by atoms with Crippen molar-refractivity contribution < 1.29 is 9.90 Å². The molecule has 0 amide bonds. The Hall–Kier alpha value is -1.77. The number of carboxylic acids is 1. The van der Waals surface area contributed by atoms with Crippen molar-refractivity contribution in [1.82, 2.24) is 0 Å². The van der Waals surface area contributed by atoms with Crippen LogP contribution >= 0.6 is 0 Å². The predicted octanol–water partition coefficient (Wildman–Crippen LogP) is 4.48. The summed E-state index contributed by atoms with van der Waals surface area (Å²) < 4.78 is 0. The van der Waals surface area contributed by atoms with Gasteiger partial charge in [-0.05, 0) is 53.9 Å². The second kappa shape index (κ2) is 7.00. The molecule has 1 unspecified atom stereocenters. The molecule has 3 rings (SSSR count). The van der Waals surface area contributed by atoms with Crippen LogP contribution in [0.15, 0.2) is 42.5 Å². The molecule has 0 heterocycles. The van der Waals surface area contributed by atoms with E-state index in [1.807, 2.05) is 7.85 Å². The molecule has 24 heavy (non-hydrogen) atoms. The average Bonchev–Trinajstić information content (AvgIpc) is 2.55. The third kappa shape index (κ3) is 3.22. The highest BCUT2D eigenvalue weighted by molar-refractivity contribution is 6.27. The van der Waals surface area contributed by atoms with Gasteiger partial charge in [-0.25, -0.2) is 0 Å². The van der Waals surface area contributed by atoms with E-state index in [1.54, 1.807) is 0 Å². The monoisotopic (exact) mass is 322 g/mol. The fourth-order valence-electron chi connectivity index (χ4n) is 4.23. The van der Waals surface area contributed by atoms with E-state index in [4.69, 9.17) is 0 Å². The van der Waals surface area contributed by atoms with E-state index in [0.717, 1.165) is 38.5 Å². The lowest BCUT2D eigenvalue weighted by atomic mass is 9.49. The molecule has 2 nitrogen and oxygen atoms in total. The molecule has 1 N–H and O–H groups in total. The van der Waals surface area contributed by atoms with Gasteiger partial charge >= 0.3 is 5.97 Å². The lowest BCUT2D eigenvalue weighted by Gasteiger charge is -2.45. The molecule has 0 radical (unpaired) electrons. The molecule has 2 aromatic rings. The van der Waals surface area contributed by atoms with Gasteiger partial charge in [-0.3, -0.25) is 4.79 Å². The molecule has 0 saturated heterocycles. The highest BCUT2D eigenvalue weighted by atomic mass is 16.4. The summed E-state index contributed by atoms with van der Waals surface area (Å²) in [4.78, 5) is 11.8. The number of carboxylic acid groups (broad SMARTS) is 1. The summed E-state index contributed by atoms with van der Waals surface area (Å²) in [7, 11) is 1.96. The van der Waals surface area contributed by atoms with Crippen molar-refractivity contribution in [2.75, 3.05) is 0 Å². The smallest absolute Gasteiger partial charge is 0.301 e. The predicted molar refractivity (Wildman–Crippen MR) is 102 cm³/mol. The quantitative estimate of drug-likeness (QED) is 0.763. The second-order valence-electron chi connectivity index (χ2n) is 7.70. The lowest BCUT2D eigenvalue weighted by Crippen LogP contribution is -2.41. The van der Waals surface area contributed by atoms with E-state index in [2.05, 4.69) is 49.4 Å². The number of hydrogen-bond donors (Lipinski definition) is 1. The lowest BCUT2D eigenvalue weighted by molar-refractivity contribution is -0.144. The zero-order valence-corrected chi connectivity index (χ0v) is 14.8. The largest absolute Gasteiger partial charge is 0.481 e. The fourth-order valence-corrected chi connectivity index (χ4v) is 4.23. The first-order chi connectivity index (χ1) is 11.5. The standard InChI is InChI=1S/C21H27BO2/c1-2-3-11-21(22,20(23)24)18-13-15(14-18)12-17-9-6-8-16-7-4-5-10-19(16)17/h4-10,15,18H,2-3,11-14,22H2,1H3,(H,23,24). The molecule has 0 bridgehead atoms. The Kier molecular flexibility index (Phi) is 4.98. The van der Waals surface area contributed by atoms with E-state index in [-0.39, 0.29) is 0 Å². The van der Waals surface area contributed by atoms with Gasteiger partial charge < -0.3 is 5.11 Å². The summed E-state index contributed by atoms with van der Waals surface area (Å²) in [5.74, 6) is 0.354. The van der Waals surface area contributed by atoms with E-state index in [9.17, 15) is 9.90 Å². The van der Waals surface area contributed by atoms with Gasteiger partial charge in [0, 0.05) is 5.31 Å². The zero-order valence-electron chi connectivity index (χ0n) is 14.8. The van der Waals surface area contributed by atoms with Crippen molar-refractivity contribution >= 4 is 24.6 Å². The molecule has 126 valence electrons. The molecule has 1 fully saturated rings. The van der Waals surface area contributed by atoms with Crippen LogP contribution in [0, 0.1) is 11.8 Å². The van der Waals surface area contributed by atoms with Gasteiger partial charge in [0.05, 0.1) is 0 Å². The zero-order chi connectivity index (χ0) is 17.2. The van der Waals surface area contributed by atoms with Gasteiger partial charge in [-0.1, -0.05) is 62.2 Å². The third-order valence-electron chi connectivity index (χ3n) is 6.06. The minimum atomic E-state index is -0.607. The SMILES string of the molecule is BC(CCCC)(C(=O)O)C1CC(Cc2cccc3ccccc23)C1. The van der Waals surface area contributed by atoms with Crippen molar-refractivity contribution in [3.8, 4) is 0 Å². The topological polar surface area (TPSA) is 37.3 Å². The van der Waals surface area contributed by atoms with Crippen LogP contribution in [0.4, 0.5) is 0 Å². The van der Waals surface area contributed by atoms with Crippen LogP contribution in [0.3, 0.4) is 0 Å². The molecule has 0 aliphatic heterocycles. The normalized spacial score (nSPS) is 22.7. The van der Waals surface area contributed by atoms with Crippen molar-refractivity contribution in [1.29, 1.82) is 0 Å². The maximum absolute atomic E-state index is 11.8. The molecule has 1 aliphatic rings. The van der Waals surface area contributed by atoms with Crippen molar-refractivity contribution in [2.24, 2.45) is 11.8 Å². The average molecular weight is 322 g/mol. The number of aliphatic carboxylic acids is 1. The molecule has 1 atom stereocenters. The fraction of sp³-hybridized carbons (Fsp3) is 0.476. The van der Waals surface area contributed by atoms with Crippen LogP contribution < -0.4 is 0 Å². The minimum absolute atomic E-state index is 0.335. The van der Waals surface area contributed by atoms with Crippen molar-refractivity contribution in [3.05, 3.63) is 48.0 Å². The van der Waals surface area contributed by atoms with Gasteiger partial charge in [0.25, 0.3) is 0 Å². The molecule has 0 spiro atoms. The Labute approximate surface area is 145 Å². The van der Waals surface area contributed by atoms with Gasteiger partial charge in [0.15, 0.2) is 0 Å². The highest BCUT2D eigenvalue weighted by Gasteiger charge is 2.46. The number of fused-ring (bicyclic) bond motifs is 1. The maximum atomic E-state index is 11.8. The van der Waals surface area contributed by atoms with Crippen LogP contribution in [-0.4, -0.2) is 18.9 Å². The number of hydrogen-bond acceptors (Lipinski definition) is 1. The summed E-state index contributed by atoms with van der Waals surface area (Å²) in [5, 5.41) is 11.8. The molecule has 3 heteroatoms. The summed E-state index contributed by atoms with van der Waals surface area (Å²) in [6.45, 7) is 2.13. The summed E-state index contributed by atoms with van der Waals surface area (Å²) in [5.41, 5.74) is 1.40. The second-order valence-corrected chi connectivity index (χ2v) is 7.70. The van der Waals surface area contributed by atoms with Gasteiger partial charge in [0.1, 0.15) is 7.85 Å².